The van der Waals surface area contributed by atoms with Gasteiger partial charge in [-0.05, 0) is 30.7 Å². The lowest BCUT2D eigenvalue weighted by atomic mass is 9.98. The number of hydrogen-bond donors (Lipinski definition) is 0. The van der Waals surface area contributed by atoms with E-state index in [4.69, 9.17) is 0 Å². The summed E-state index contributed by atoms with van der Waals surface area (Å²) >= 11 is 0. The lowest BCUT2D eigenvalue weighted by Gasteiger charge is -2.31. The average Bonchev–Trinajstić information content (AvgIpc) is 2.89. The highest BCUT2D eigenvalue weighted by atomic mass is 15.7. The molecular formula is C21H22N2. The second-order valence-electron chi connectivity index (χ2n) is 5.69. The smallest absolute Gasteiger partial charge is 0.0912 e. The quantitative estimate of drug-likeness (QED) is 0.685. The van der Waals surface area contributed by atoms with Gasteiger partial charge in [0.1, 0.15) is 0 Å². The fourth-order valence-corrected chi connectivity index (χ4v) is 3.15. The lowest BCUT2D eigenvalue weighted by Crippen LogP contribution is -2.34. The number of anilines is 2. The average molecular weight is 302 g/mol. The Morgan fingerprint density at radius 1 is 0.913 bits per heavy atom. The molecule has 1 aliphatic heterocycles. The van der Waals surface area contributed by atoms with Crippen molar-refractivity contribution in [2.45, 2.75) is 19.8 Å². The molecule has 2 aromatic rings. The number of hydrogen-bond acceptors (Lipinski definition) is 2. The largest absolute Gasteiger partial charge is 0.253 e. The Morgan fingerprint density at radius 3 is 1.91 bits per heavy atom. The second-order valence-corrected chi connectivity index (χ2v) is 5.69. The van der Waals surface area contributed by atoms with E-state index in [0.717, 1.165) is 35.6 Å². The van der Waals surface area contributed by atoms with Gasteiger partial charge in [0.15, 0.2) is 0 Å². The van der Waals surface area contributed by atoms with Crippen LogP contribution >= 0.6 is 0 Å². The first-order valence-corrected chi connectivity index (χ1v) is 8.07. The van der Waals surface area contributed by atoms with Gasteiger partial charge in [0.05, 0.1) is 23.0 Å². The summed E-state index contributed by atoms with van der Waals surface area (Å²) in [5.74, 6) is 0.248. The van der Waals surface area contributed by atoms with Crippen LogP contribution in [0.3, 0.4) is 0 Å². The molecule has 1 atom stereocenters. The number of nitrogens with zero attached hydrogens (tertiary/aromatic N) is 2. The Bertz CT molecular complexity index is 727. The fourth-order valence-electron chi connectivity index (χ4n) is 3.15. The third kappa shape index (κ3) is 2.69. The first kappa shape index (κ1) is 15.2. The molecule has 3 rings (SSSR count). The van der Waals surface area contributed by atoms with Crippen LogP contribution in [0.25, 0.3) is 0 Å². The summed E-state index contributed by atoms with van der Waals surface area (Å²) in [6.07, 6.45) is 2.14. The predicted molar refractivity (Wildman–Crippen MR) is 98.0 cm³/mol. The minimum atomic E-state index is 0.248. The van der Waals surface area contributed by atoms with E-state index in [-0.39, 0.29) is 5.92 Å². The van der Waals surface area contributed by atoms with Crippen LogP contribution in [0.2, 0.25) is 0 Å². The second kappa shape index (κ2) is 6.60. The molecule has 0 spiro atoms. The van der Waals surface area contributed by atoms with Gasteiger partial charge in [-0.15, -0.1) is 5.73 Å². The van der Waals surface area contributed by atoms with Crippen molar-refractivity contribution in [3.8, 4) is 0 Å². The highest BCUT2D eigenvalue weighted by Gasteiger charge is 2.38. The molecule has 1 aliphatic rings. The zero-order valence-corrected chi connectivity index (χ0v) is 13.6. The van der Waals surface area contributed by atoms with E-state index in [1.165, 1.54) is 0 Å². The van der Waals surface area contributed by atoms with E-state index in [0.29, 0.717) is 0 Å². The van der Waals surface area contributed by atoms with Gasteiger partial charge in [-0.2, -0.15) is 0 Å². The van der Waals surface area contributed by atoms with Gasteiger partial charge in [-0.3, -0.25) is 5.01 Å². The van der Waals surface area contributed by atoms with Gasteiger partial charge in [0.25, 0.3) is 0 Å². The molecular weight excluding hydrogens is 280 g/mol. The SMILES string of the molecule is C=C=C1C(CCC)C(=C)N(c2ccccc2)N1c1ccccc1. The molecule has 0 saturated carbocycles. The van der Waals surface area contributed by atoms with Gasteiger partial charge in [-0.1, -0.05) is 62.9 Å². The standard InChI is InChI=1S/C21H22N2/c1-4-12-20-17(3)22(18-13-8-6-9-14-18)23(21(20)5-2)19-15-10-7-11-16-19/h6-11,13-16,20H,2-4,12H2,1H3. The maximum absolute atomic E-state index is 4.38. The molecule has 116 valence electrons. The van der Waals surface area contributed by atoms with E-state index < -0.39 is 0 Å². The number of hydrazine groups is 1. The topological polar surface area (TPSA) is 6.48 Å². The minimum Gasteiger partial charge on any atom is -0.253 e. The van der Waals surface area contributed by atoms with Crippen molar-refractivity contribution in [1.82, 2.24) is 0 Å². The van der Waals surface area contributed by atoms with E-state index in [2.05, 4.69) is 84.4 Å². The molecule has 0 radical (unpaired) electrons. The van der Waals surface area contributed by atoms with Gasteiger partial charge in [0, 0.05) is 5.70 Å². The predicted octanol–water partition coefficient (Wildman–Crippen LogP) is 5.53. The summed E-state index contributed by atoms with van der Waals surface area (Å²) in [6.45, 7) is 10.5. The summed E-state index contributed by atoms with van der Waals surface area (Å²) in [6, 6.07) is 20.7. The third-order valence-electron chi connectivity index (χ3n) is 4.19. The van der Waals surface area contributed by atoms with Gasteiger partial charge < -0.3 is 0 Å². The first-order chi connectivity index (χ1) is 11.3. The molecule has 0 amide bonds. The number of para-hydroxylation sites is 2. The van der Waals surface area contributed by atoms with Crippen molar-refractivity contribution in [3.05, 3.63) is 90.9 Å². The van der Waals surface area contributed by atoms with E-state index in [1.54, 1.807) is 0 Å². The highest BCUT2D eigenvalue weighted by Crippen LogP contribution is 2.43. The van der Waals surface area contributed by atoms with Gasteiger partial charge in [0.2, 0.25) is 0 Å². The normalized spacial score (nSPS) is 17.5. The Hall–Kier alpha value is -2.70. The molecule has 2 nitrogen and oxygen atoms in total. The Kier molecular flexibility index (Phi) is 4.36. The van der Waals surface area contributed by atoms with Crippen molar-refractivity contribution < 1.29 is 0 Å². The number of rotatable bonds is 4. The first-order valence-electron chi connectivity index (χ1n) is 8.07. The van der Waals surface area contributed by atoms with E-state index in [9.17, 15) is 0 Å². The van der Waals surface area contributed by atoms with Crippen LogP contribution in [0.1, 0.15) is 19.8 Å². The molecule has 1 unspecified atom stereocenters. The third-order valence-corrected chi connectivity index (χ3v) is 4.19. The van der Waals surface area contributed by atoms with Crippen molar-refractivity contribution in [1.29, 1.82) is 0 Å². The van der Waals surface area contributed by atoms with Crippen molar-refractivity contribution in [2.75, 3.05) is 10.0 Å². The molecule has 0 bridgehead atoms. The molecule has 23 heavy (non-hydrogen) atoms. The zero-order chi connectivity index (χ0) is 16.2. The molecule has 0 N–H and O–H groups in total. The van der Waals surface area contributed by atoms with Crippen LogP contribution in [-0.2, 0) is 0 Å². The van der Waals surface area contributed by atoms with Crippen LogP contribution < -0.4 is 10.0 Å². The monoisotopic (exact) mass is 302 g/mol. The molecule has 2 heteroatoms. The molecule has 1 heterocycles. The summed E-state index contributed by atoms with van der Waals surface area (Å²) in [5.41, 5.74) is 7.52. The van der Waals surface area contributed by atoms with Crippen LogP contribution in [0.4, 0.5) is 11.4 Å². The van der Waals surface area contributed by atoms with Crippen LogP contribution in [0, 0.1) is 5.92 Å². The maximum atomic E-state index is 4.38. The van der Waals surface area contributed by atoms with Crippen LogP contribution in [0.15, 0.2) is 90.9 Å². The van der Waals surface area contributed by atoms with Crippen molar-refractivity contribution in [3.63, 3.8) is 0 Å². The summed E-state index contributed by atoms with van der Waals surface area (Å²) in [7, 11) is 0. The summed E-state index contributed by atoms with van der Waals surface area (Å²) < 4.78 is 0. The molecule has 1 fully saturated rings. The Morgan fingerprint density at radius 2 is 1.43 bits per heavy atom. The number of benzene rings is 2. The maximum Gasteiger partial charge on any atom is 0.0912 e. The van der Waals surface area contributed by atoms with E-state index in [1.807, 2.05) is 12.1 Å². The Balaban J connectivity index is 2.14. The molecule has 1 saturated heterocycles. The van der Waals surface area contributed by atoms with E-state index >= 15 is 0 Å². The molecule has 0 aromatic heterocycles. The summed E-state index contributed by atoms with van der Waals surface area (Å²) in [4.78, 5) is 0. The van der Waals surface area contributed by atoms with Crippen molar-refractivity contribution in [2.24, 2.45) is 5.92 Å². The highest BCUT2D eigenvalue weighted by molar-refractivity contribution is 5.70. The zero-order valence-electron chi connectivity index (χ0n) is 13.6. The summed E-state index contributed by atoms with van der Waals surface area (Å²) in [5, 5.41) is 4.37. The minimum absolute atomic E-state index is 0.248. The van der Waals surface area contributed by atoms with Crippen molar-refractivity contribution >= 4 is 11.4 Å². The molecule has 2 aromatic carbocycles. The van der Waals surface area contributed by atoms with Gasteiger partial charge in [-0.25, -0.2) is 5.01 Å². The Labute approximate surface area is 138 Å². The van der Waals surface area contributed by atoms with Gasteiger partial charge >= 0.3 is 0 Å². The van der Waals surface area contributed by atoms with Crippen LogP contribution in [0.5, 0.6) is 0 Å². The lowest BCUT2D eigenvalue weighted by molar-refractivity contribution is 0.654. The fraction of sp³-hybridized carbons (Fsp3) is 0.190. The van der Waals surface area contributed by atoms with Crippen LogP contribution in [-0.4, -0.2) is 0 Å². The molecule has 0 aliphatic carbocycles.